The number of nitrogens with two attached hydrogens (primary N) is 1. The van der Waals surface area contributed by atoms with Gasteiger partial charge in [-0.25, -0.2) is 0 Å². The molecule has 6 nitrogen and oxygen atoms in total. The lowest BCUT2D eigenvalue weighted by Gasteiger charge is -2.15. The predicted molar refractivity (Wildman–Crippen MR) is 72.7 cm³/mol. The van der Waals surface area contributed by atoms with Gasteiger partial charge in [-0.05, 0) is 11.6 Å². The van der Waals surface area contributed by atoms with E-state index in [9.17, 15) is 9.59 Å². The molecule has 2 amide bonds. The quantitative estimate of drug-likeness (QED) is 0.669. The van der Waals surface area contributed by atoms with E-state index in [1.165, 1.54) is 7.11 Å². The van der Waals surface area contributed by atoms with Crippen LogP contribution < -0.4 is 16.4 Å². The van der Waals surface area contributed by atoms with Crippen molar-refractivity contribution in [1.82, 2.24) is 5.32 Å². The van der Waals surface area contributed by atoms with Gasteiger partial charge in [-0.1, -0.05) is 18.2 Å². The van der Waals surface area contributed by atoms with Crippen molar-refractivity contribution in [2.75, 3.05) is 26.0 Å². The first-order valence-electron chi connectivity index (χ1n) is 5.94. The number of para-hydroxylation sites is 1. The molecule has 0 aromatic heterocycles. The minimum atomic E-state index is -0.701. The number of methoxy groups -OCH3 is 1. The van der Waals surface area contributed by atoms with E-state index in [0.717, 1.165) is 5.56 Å². The van der Waals surface area contributed by atoms with Gasteiger partial charge in [-0.2, -0.15) is 0 Å². The molecule has 19 heavy (non-hydrogen) atoms. The van der Waals surface area contributed by atoms with Crippen molar-refractivity contribution >= 4 is 17.5 Å². The summed E-state index contributed by atoms with van der Waals surface area (Å²) in [6, 6.07) is 7.12. The molecule has 4 N–H and O–H groups in total. The van der Waals surface area contributed by atoms with Crippen LogP contribution in [0, 0.1) is 0 Å². The first kappa shape index (κ1) is 15.1. The van der Waals surface area contributed by atoms with Gasteiger partial charge in [0, 0.05) is 26.4 Å². The lowest BCUT2D eigenvalue weighted by Crippen LogP contribution is -2.36. The number of hydrogen-bond acceptors (Lipinski definition) is 4. The fourth-order valence-electron chi connectivity index (χ4n) is 1.58. The van der Waals surface area contributed by atoms with E-state index in [-0.39, 0.29) is 24.8 Å². The molecule has 104 valence electrons. The third-order valence-electron chi connectivity index (χ3n) is 2.70. The number of likely N-dealkylation sites (N-methyl/N-ethyl adjacent to an activating group) is 1. The van der Waals surface area contributed by atoms with E-state index >= 15 is 0 Å². The summed E-state index contributed by atoms with van der Waals surface area (Å²) in [6.45, 7) is 0.0972. The zero-order valence-electron chi connectivity index (χ0n) is 11.1. The highest BCUT2D eigenvalue weighted by molar-refractivity contribution is 5.95. The Balaban J connectivity index is 2.83. The van der Waals surface area contributed by atoms with Gasteiger partial charge < -0.3 is 21.1 Å². The summed E-state index contributed by atoms with van der Waals surface area (Å²) in [6.07, 6.45) is -0.499. The fraction of sp³-hybridized carbons (Fsp3) is 0.385. The molecule has 0 saturated heterocycles. The maximum absolute atomic E-state index is 11.9. The average Bonchev–Trinajstić information content (AvgIpc) is 2.42. The maximum atomic E-state index is 11.9. The number of rotatable bonds is 6. The summed E-state index contributed by atoms with van der Waals surface area (Å²) in [4.78, 5) is 23.3. The van der Waals surface area contributed by atoms with E-state index in [1.807, 2.05) is 6.07 Å². The van der Waals surface area contributed by atoms with Crippen LogP contribution in [0.25, 0.3) is 0 Å². The summed E-state index contributed by atoms with van der Waals surface area (Å²) in [7, 11) is 2.99. The molecule has 0 radical (unpaired) electrons. The monoisotopic (exact) mass is 265 g/mol. The standard InChI is InChI=1S/C13H19N3O3/c1-15-12(17)7-9-5-3-4-6-10(9)16-13(18)11(8-14)19-2/h3-6,11H,7-8,14H2,1-2H3,(H,15,17)(H,16,18). The van der Waals surface area contributed by atoms with Crippen molar-refractivity contribution in [2.45, 2.75) is 12.5 Å². The Morgan fingerprint density at radius 2 is 2.05 bits per heavy atom. The highest BCUT2D eigenvalue weighted by atomic mass is 16.5. The summed E-state index contributed by atoms with van der Waals surface area (Å²) in [5, 5.41) is 5.26. The number of ether oxygens (including phenoxy) is 1. The lowest BCUT2D eigenvalue weighted by molar-refractivity contribution is -0.125. The highest BCUT2D eigenvalue weighted by Gasteiger charge is 2.17. The second kappa shape index (κ2) is 7.50. The van der Waals surface area contributed by atoms with Crippen LogP contribution in [0.4, 0.5) is 5.69 Å². The van der Waals surface area contributed by atoms with Gasteiger partial charge in [0.1, 0.15) is 6.10 Å². The molecule has 0 bridgehead atoms. The van der Waals surface area contributed by atoms with Gasteiger partial charge in [-0.15, -0.1) is 0 Å². The molecule has 0 spiro atoms. The summed E-state index contributed by atoms with van der Waals surface area (Å²) in [5.41, 5.74) is 6.76. The number of nitrogens with one attached hydrogen (secondary N) is 2. The second-order valence-corrected chi connectivity index (χ2v) is 3.96. The zero-order valence-corrected chi connectivity index (χ0v) is 11.1. The molecule has 6 heteroatoms. The number of amides is 2. The first-order valence-corrected chi connectivity index (χ1v) is 5.94. The van der Waals surface area contributed by atoms with Gasteiger partial charge in [-0.3, -0.25) is 9.59 Å². The molecule has 0 aliphatic carbocycles. The van der Waals surface area contributed by atoms with E-state index in [0.29, 0.717) is 5.69 Å². The topological polar surface area (TPSA) is 93.5 Å². The second-order valence-electron chi connectivity index (χ2n) is 3.96. The van der Waals surface area contributed by atoms with Crippen molar-refractivity contribution in [1.29, 1.82) is 0 Å². The van der Waals surface area contributed by atoms with E-state index < -0.39 is 6.10 Å². The molecule has 0 aliphatic heterocycles. The molecule has 1 aromatic carbocycles. The number of carbonyl (C=O) groups excluding carboxylic acids is 2. The number of anilines is 1. The summed E-state index contributed by atoms with van der Waals surface area (Å²) < 4.78 is 4.96. The highest BCUT2D eigenvalue weighted by Crippen LogP contribution is 2.16. The number of hydrogen-bond donors (Lipinski definition) is 3. The smallest absolute Gasteiger partial charge is 0.254 e. The number of carbonyl (C=O) groups is 2. The third kappa shape index (κ3) is 4.35. The molecule has 0 heterocycles. The van der Waals surface area contributed by atoms with Gasteiger partial charge in [0.25, 0.3) is 5.91 Å². The molecule has 0 aliphatic rings. The molecule has 0 saturated carbocycles. The van der Waals surface area contributed by atoms with Crippen LogP contribution in [0.15, 0.2) is 24.3 Å². The molecule has 1 rings (SSSR count). The van der Waals surface area contributed by atoms with Crippen LogP contribution >= 0.6 is 0 Å². The Kier molecular flexibility index (Phi) is 5.98. The summed E-state index contributed by atoms with van der Waals surface area (Å²) >= 11 is 0. The van der Waals surface area contributed by atoms with E-state index in [4.69, 9.17) is 10.5 Å². The maximum Gasteiger partial charge on any atom is 0.254 e. The van der Waals surface area contributed by atoms with Crippen molar-refractivity contribution in [3.8, 4) is 0 Å². The van der Waals surface area contributed by atoms with Gasteiger partial charge >= 0.3 is 0 Å². The molecule has 1 aromatic rings. The Morgan fingerprint density at radius 1 is 1.37 bits per heavy atom. The van der Waals surface area contributed by atoms with Crippen LogP contribution in [0.3, 0.4) is 0 Å². The molecule has 1 atom stereocenters. The van der Waals surface area contributed by atoms with Crippen LogP contribution in [0.1, 0.15) is 5.56 Å². The normalized spacial score (nSPS) is 11.7. The third-order valence-corrected chi connectivity index (χ3v) is 2.70. The Bertz CT molecular complexity index is 445. The van der Waals surface area contributed by atoms with Crippen LogP contribution in [-0.2, 0) is 20.7 Å². The van der Waals surface area contributed by atoms with Crippen molar-refractivity contribution < 1.29 is 14.3 Å². The van der Waals surface area contributed by atoms with Crippen molar-refractivity contribution in [3.63, 3.8) is 0 Å². The molecule has 1 unspecified atom stereocenters. The largest absolute Gasteiger partial charge is 0.370 e. The Labute approximate surface area is 112 Å². The van der Waals surface area contributed by atoms with Gasteiger partial charge in [0.05, 0.1) is 6.42 Å². The van der Waals surface area contributed by atoms with Gasteiger partial charge in [0.15, 0.2) is 0 Å². The van der Waals surface area contributed by atoms with Crippen molar-refractivity contribution in [2.24, 2.45) is 5.73 Å². The van der Waals surface area contributed by atoms with Crippen LogP contribution in [0.2, 0.25) is 0 Å². The molecular weight excluding hydrogens is 246 g/mol. The van der Waals surface area contributed by atoms with Crippen molar-refractivity contribution in [3.05, 3.63) is 29.8 Å². The molecule has 0 fully saturated rings. The lowest BCUT2D eigenvalue weighted by atomic mass is 10.1. The SMILES string of the molecule is CNC(=O)Cc1ccccc1NC(=O)C(CN)OC. The Morgan fingerprint density at radius 3 is 2.63 bits per heavy atom. The van der Waals surface area contributed by atoms with Crippen LogP contribution in [-0.4, -0.2) is 38.6 Å². The minimum absolute atomic E-state index is 0.0972. The first-order chi connectivity index (χ1) is 9.12. The van der Waals surface area contributed by atoms with E-state index in [1.54, 1.807) is 25.2 Å². The predicted octanol–water partition coefficient (Wildman–Crippen LogP) is -0.113. The molecular formula is C13H19N3O3. The fourth-order valence-corrected chi connectivity index (χ4v) is 1.58. The number of benzene rings is 1. The van der Waals surface area contributed by atoms with Crippen LogP contribution in [0.5, 0.6) is 0 Å². The average molecular weight is 265 g/mol. The van der Waals surface area contributed by atoms with E-state index in [2.05, 4.69) is 10.6 Å². The van der Waals surface area contributed by atoms with Gasteiger partial charge in [0.2, 0.25) is 5.91 Å². The zero-order chi connectivity index (χ0) is 14.3. The minimum Gasteiger partial charge on any atom is -0.370 e. The Hall–Kier alpha value is -1.92. The summed E-state index contributed by atoms with van der Waals surface area (Å²) in [5.74, 6) is -0.446.